The van der Waals surface area contributed by atoms with Gasteiger partial charge in [-0.25, -0.2) is 19.9 Å². The summed E-state index contributed by atoms with van der Waals surface area (Å²) in [6, 6.07) is 0. The highest BCUT2D eigenvalue weighted by Crippen LogP contribution is 2.19. The molecule has 14 heavy (non-hydrogen) atoms. The minimum absolute atomic E-state index is 0.338. The number of rotatable bonds is 0. The van der Waals surface area contributed by atoms with Crippen LogP contribution in [0.5, 0.6) is 0 Å². The monoisotopic (exact) mass is 190 g/mol. The van der Waals surface area contributed by atoms with E-state index in [1.165, 1.54) is 0 Å². The molecule has 0 saturated carbocycles. The molecular weight excluding hydrogens is 180 g/mol. The fourth-order valence-electron chi connectivity index (χ4n) is 1.29. The van der Waals surface area contributed by atoms with Crippen molar-refractivity contribution < 1.29 is 0 Å². The molecule has 0 aliphatic rings. The molecule has 2 aromatic heterocycles. The first kappa shape index (κ1) is 8.61. The van der Waals surface area contributed by atoms with Gasteiger partial charge in [-0.1, -0.05) is 0 Å². The molecule has 2 heterocycles. The smallest absolute Gasteiger partial charge is 0.153 e. The van der Waals surface area contributed by atoms with E-state index in [2.05, 4.69) is 19.9 Å². The van der Waals surface area contributed by atoms with Gasteiger partial charge in [0, 0.05) is 0 Å². The number of aromatic nitrogens is 4. The van der Waals surface area contributed by atoms with Gasteiger partial charge in [0.1, 0.15) is 22.7 Å². The Labute approximate surface area is 80.4 Å². The molecule has 2 rings (SSSR count). The van der Waals surface area contributed by atoms with Crippen molar-refractivity contribution in [2.45, 2.75) is 13.8 Å². The molecule has 6 heteroatoms. The summed E-state index contributed by atoms with van der Waals surface area (Å²) in [5, 5.41) is 0. The molecule has 0 radical (unpaired) electrons. The van der Waals surface area contributed by atoms with Gasteiger partial charge >= 0.3 is 0 Å². The van der Waals surface area contributed by atoms with E-state index in [0.717, 1.165) is 0 Å². The van der Waals surface area contributed by atoms with Gasteiger partial charge in [0.2, 0.25) is 0 Å². The maximum atomic E-state index is 5.70. The van der Waals surface area contributed by atoms with Crippen LogP contribution >= 0.6 is 0 Å². The Bertz CT molecular complexity index is 459. The molecule has 0 spiro atoms. The molecule has 0 atom stereocenters. The molecule has 0 aliphatic carbocycles. The van der Waals surface area contributed by atoms with Gasteiger partial charge in [-0.3, -0.25) is 0 Å². The summed E-state index contributed by atoms with van der Waals surface area (Å²) < 4.78 is 0. The average Bonchev–Trinajstić information content (AvgIpc) is 2.07. The highest BCUT2D eigenvalue weighted by Gasteiger charge is 2.08. The third kappa shape index (κ3) is 1.20. The molecule has 6 nitrogen and oxygen atoms in total. The van der Waals surface area contributed by atoms with Crippen molar-refractivity contribution in [1.82, 2.24) is 19.9 Å². The molecule has 72 valence electrons. The predicted molar refractivity (Wildman–Crippen MR) is 53.4 cm³/mol. The summed E-state index contributed by atoms with van der Waals surface area (Å²) in [5.74, 6) is 1.80. The minimum atomic E-state index is 0.338. The number of fused-ring (bicyclic) bond motifs is 1. The third-order valence-electron chi connectivity index (χ3n) is 1.82. The van der Waals surface area contributed by atoms with Crippen molar-refractivity contribution in [3.63, 3.8) is 0 Å². The number of nitrogen functional groups attached to an aromatic ring is 2. The lowest BCUT2D eigenvalue weighted by Crippen LogP contribution is -2.04. The van der Waals surface area contributed by atoms with Gasteiger partial charge in [-0.05, 0) is 13.8 Å². The van der Waals surface area contributed by atoms with Crippen LogP contribution < -0.4 is 11.5 Å². The van der Waals surface area contributed by atoms with Crippen molar-refractivity contribution in [3.05, 3.63) is 11.6 Å². The lowest BCUT2D eigenvalue weighted by Gasteiger charge is -2.04. The summed E-state index contributed by atoms with van der Waals surface area (Å²) in [4.78, 5) is 16.3. The van der Waals surface area contributed by atoms with Crippen LogP contribution in [0.1, 0.15) is 11.6 Å². The molecule has 0 saturated heterocycles. The van der Waals surface area contributed by atoms with E-state index in [4.69, 9.17) is 11.5 Å². The summed E-state index contributed by atoms with van der Waals surface area (Å²) in [7, 11) is 0. The largest absolute Gasteiger partial charge is 0.382 e. The summed E-state index contributed by atoms with van der Waals surface area (Å²) in [6.45, 7) is 3.49. The maximum absolute atomic E-state index is 5.70. The topological polar surface area (TPSA) is 104 Å². The second-order valence-electron chi connectivity index (χ2n) is 3.01. The van der Waals surface area contributed by atoms with Gasteiger partial charge in [-0.2, -0.15) is 0 Å². The summed E-state index contributed by atoms with van der Waals surface area (Å²) >= 11 is 0. The highest BCUT2D eigenvalue weighted by atomic mass is 15.0. The van der Waals surface area contributed by atoms with Gasteiger partial charge < -0.3 is 11.5 Å². The highest BCUT2D eigenvalue weighted by molar-refractivity contribution is 5.90. The first-order chi connectivity index (χ1) is 6.58. The predicted octanol–water partition coefficient (Wildman–Crippen LogP) is 0.201. The molecule has 0 amide bonds. The van der Waals surface area contributed by atoms with Crippen molar-refractivity contribution in [2.75, 3.05) is 11.5 Å². The van der Waals surface area contributed by atoms with E-state index in [1.54, 1.807) is 13.8 Å². The van der Waals surface area contributed by atoms with Gasteiger partial charge in [-0.15, -0.1) is 0 Å². The first-order valence-corrected chi connectivity index (χ1v) is 4.12. The van der Waals surface area contributed by atoms with Gasteiger partial charge in [0.05, 0.1) is 0 Å². The number of aryl methyl sites for hydroxylation is 2. The fourth-order valence-corrected chi connectivity index (χ4v) is 1.29. The van der Waals surface area contributed by atoms with Gasteiger partial charge in [0.15, 0.2) is 11.6 Å². The van der Waals surface area contributed by atoms with E-state index in [-0.39, 0.29) is 0 Å². The Hall–Kier alpha value is -1.98. The van der Waals surface area contributed by atoms with Crippen LogP contribution in [-0.4, -0.2) is 19.9 Å². The molecule has 4 N–H and O–H groups in total. The lowest BCUT2D eigenvalue weighted by atomic mass is 10.3. The van der Waals surface area contributed by atoms with Crippen molar-refractivity contribution in [1.29, 1.82) is 0 Å². The fraction of sp³-hybridized carbons (Fsp3) is 0.250. The summed E-state index contributed by atoms with van der Waals surface area (Å²) in [5.41, 5.74) is 12.4. The van der Waals surface area contributed by atoms with Crippen LogP contribution in [0.4, 0.5) is 11.6 Å². The Morgan fingerprint density at radius 2 is 1.07 bits per heavy atom. The van der Waals surface area contributed by atoms with E-state index in [1.807, 2.05) is 0 Å². The van der Waals surface area contributed by atoms with E-state index >= 15 is 0 Å². The van der Waals surface area contributed by atoms with E-state index in [9.17, 15) is 0 Å². The minimum Gasteiger partial charge on any atom is -0.382 e. The number of hydrogen-bond acceptors (Lipinski definition) is 6. The number of hydrogen-bond donors (Lipinski definition) is 2. The van der Waals surface area contributed by atoms with Crippen LogP contribution in [0, 0.1) is 13.8 Å². The molecule has 0 bridgehead atoms. The first-order valence-electron chi connectivity index (χ1n) is 4.12. The zero-order valence-corrected chi connectivity index (χ0v) is 7.94. The van der Waals surface area contributed by atoms with Crippen molar-refractivity contribution in [2.24, 2.45) is 0 Å². The van der Waals surface area contributed by atoms with Gasteiger partial charge in [0.25, 0.3) is 0 Å². The Morgan fingerprint density at radius 1 is 0.714 bits per heavy atom. The SMILES string of the molecule is Cc1nc(N)c2nc(C)nc(N)c2n1. The average molecular weight is 190 g/mol. The zero-order valence-electron chi connectivity index (χ0n) is 7.94. The summed E-state index contributed by atoms with van der Waals surface area (Å²) in [6.07, 6.45) is 0. The van der Waals surface area contributed by atoms with Crippen LogP contribution in [0.15, 0.2) is 0 Å². The quantitative estimate of drug-likeness (QED) is 0.615. The normalized spacial score (nSPS) is 10.7. The maximum Gasteiger partial charge on any atom is 0.153 e. The van der Waals surface area contributed by atoms with Crippen LogP contribution in [-0.2, 0) is 0 Å². The third-order valence-corrected chi connectivity index (χ3v) is 1.82. The molecule has 0 aromatic carbocycles. The number of anilines is 2. The molecule has 0 aliphatic heterocycles. The molecule has 0 unspecified atom stereocenters. The Kier molecular flexibility index (Phi) is 1.70. The second-order valence-corrected chi connectivity index (χ2v) is 3.01. The van der Waals surface area contributed by atoms with Crippen LogP contribution in [0.3, 0.4) is 0 Å². The molecule has 2 aromatic rings. The van der Waals surface area contributed by atoms with Crippen LogP contribution in [0.2, 0.25) is 0 Å². The van der Waals surface area contributed by atoms with E-state index < -0.39 is 0 Å². The van der Waals surface area contributed by atoms with E-state index in [0.29, 0.717) is 34.3 Å². The second kappa shape index (κ2) is 2.76. The standard InChI is InChI=1S/C8H10N6/c1-3-11-5-6(7(9)13-3)12-4(2)14-8(5)10/h1-2H3,(H2,9,11,13)(H2,10,12,14). The zero-order chi connectivity index (χ0) is 10.3. The number of nitrogens with two attached hydrogens (primary N) is 2. The van der Waals surface area contributed by atoms with Crippen molar-refractivity contribution in [3.8, 4) is 0 Å². The lowest BCUT2D eigenvalue weighted by molar-refractivity contribution is 1.04. The van der Waals surface area contributed by atoms with Crippen molar-refractivity contribution >= 4 is 22.7 Å². The molecular formula is C8H10N6. The number of nitrogens with zero attached hydrogens (tertiary/aromatic N) is 4. The Balaban J connectivity index is 2.94. The van der Waals surface area contributed by atoms with Crippen LogP contribution in [0.25, 0.3) is 11.0 Å². The Morgan fingerprint density at radius 3 is 1.43 bits per heavy atom. The molecule has 0 fully saturated rings.